The average molecular weight is 410 g/mol. The number of benzene rings is 1. The number of anilines is 2. The van der Waals surface area contributed by atoms with Crippen molar-refractivity contribution in [3.8, 4) is 0 Å². The van der Waals surface area contributed by atoms with Gasteiger partial charge in [-0.15, -0.1) is 0 Å². The van der Waals surface area contributed by atoms with E-state index in [1.54, 1.807) is 17.0 Å². The smallest absolute Gasteiger partial charge is 0.414 e. The van der Waals surface area contributed by atoms with E-state index in [2.05, 4.69) is 5.10 Å². The van der Waals surface area contributed by atoms with Crippen LogP contribution in [0.3, 0.4) is 0 Å². The second kappa shape index (κ2) is 8.35. The predicted octanol–water partition coefficient (Wildman–Crippen LogP) is 0.480. The van der Waals surface area contributed by atoms with Gasteiger partial charge in [0, 0.05) is 6.54 Å². The van der Waals surface area contributed by atoms with Crippen LogP contribution in [0.25, 0.3) is 0 Å². The molecule has 0 saturated carbocycles. The second-order valence-corrected chi connectivity index (χ2v) is 6.42. The highest BCUT2D eigenvalue weighted by atomic mass is 32.1. The highest BCUT2D eigenvalue weighted by Gasteiger charge is 2.34. The van der Waals surface area contributed by atoms with Gasteiger partial charge in [0.25, 0.3) is 5.17 Å². The first kappa shape index (κ1) is 19.8. The van der Waals surface area contributed by atoms with E-state index in [1.807, 2.05) is 0 Å². The normalized spacial score (nSPS) is 18.9. The number of nitrogens with two attached hydrogens (primary N) is 1. The SMILES string of the molecule is COC(=S)N(N)C[C@H]1CN(c2ccc(N3C=NN(C=O)CC3)c(F)c2)C(=O)O1. The number of amides is 2. The number of hydrazone groups is 1. The summed E-state index contributed by atoms with van der Waals surface area (Å²) in [5.74, 6) is 5.21. The molecule has 1 saturated heterocycles. The maximum atomic E-state index is 14.6. The molecule has 0 bridgehead atoms. The number of hydrogen-bond acceptors (Lipinski definition) is 8. The molecule has 2 heterocycles. The molecular weight excluding hydrogens is 391 g/mol. The third-order valence-corrected chi connectivity index (χ3v) is 4.67. The Kier molecular flexibility index (Phi) is 5.90. The Bertz CT molecular complexity index is 809. The van der Waals surface area contributed by atoms with E-state index in [-0.39, 0.29) is 18.3 Å². The van der Waals surface area contributed by atoms with Crippen molar-refractivity contribution in [3.05, 3.63) is 24.0 Å². The number of hydrazine groups is 1. The highest BCUT2D eigenvalue weighted by molar-refractivity contribution is 7.79. The Hall–Kier alpha value is -2.99. The molecule has 0 unspecified atom stereocenters. The van der Waals surface area contributed by atoms with Crippen LogP contribution in [0.15, 0.2) is 23.3 Å². The fourth-order valence-corrected chi connectivity index (χ4v) is 2.93. The minimum atomic E-state index is -0.602. The summed E-state index contributed by atoms with van der Waals surface area (Å²) in [5.41, 5.74) is 0.649. The van der Waals surface area contributed by atoms with Gasteiger partial charge in [-0.1, -0.05) is 0 Å². The van der Waals surface area contributed by atoms with Crippen molar-refractivity contribution in [2.24, 2.45) is 10.9 Å². The van der Waals surface area contributed by atoms with Gasteiger partial charge < -0.3 is 14.4 Å². The number of hydrogen-bond donors (Lipinski definition) is 1. The molecule has 0 aliphatic carbocycles. The van der Waals surface area contributed by atoms with Gasteiger partial charge in [-0.25, -0.2) is 20.0 Å². The first-order valence-electron chi connectivity index (χ1n) is 8.33. The number of thiocarbonyl (C=S) groups is 1. The van der Waals surface area contributed by atoms with Gasteiger partial charge >= 0.3 is 6.09 Å². The number of halogens is 1. The number of rotatable bonds is 5. The van der Waals surface area contributed by atoms with Crippen LogP contribution in [0, 0.1) is 5.82 Å². The lowest BCUT2D eigenvalue weighted by atomic mass is 10.2. The van der Waals surface area contributed by atoms with Crippen LogP contribution >= 0.6 is 12.2 Å². The highest BCUT2D eigenvalue weighted by Crippen LogP contribution is 2.28. The largest absolute Gasteiger partial charge is 0.473 e. The third-order valence-electron chi connectivity index (χ3n) is 4.27. The number of nitrogens with zero attached hydrogens (tertiary/aromatic N) is 5. The summed E-state index contributed by atoms with van der Waals surface area (Å²) in [7, 11) is 1.39. The summed E-state index contributed by atoms with van der Waals surface area (Å²) in [6.45, 7) is 1.09. The van der Waals surface area contributed by atoms with E-state index in [4.69, 9.17) is 27.5 Å². The lowest BCUT2D eigenvalue weighted by Crippen LogP contribution is -2.43. The summed E-state index contributed by atoms with van der Waals surface area (Å²) in [5, 5.41) is 6.35. The molecule has 1 aromatic carbocycles. The molecule has 2 aliphatic rings. The summed E-state index contributed by atoms with van der Waals surface area (Å²) in [4.78, 5) is 25.8. The van der Waals surface area contributed by atoms with E-state index >= 15 is 0 Å². The van der Waals surface area contributed by atoms with Gasteiger partial charge in [0.05, 0.1) is 38.1 Å². The standard InChI is InChI=1S/C16H19FN6O4S/c1-26-16(28)23(18)8-12-7-22(15(25)27-12)11-2-3-14(13(17)6-11)20-4-5-21(10-24)19-9-20/h2-3,6,9-10,12H,4-5,7-8,18H2,1H3/t12-/m1/s1. The molecule has 2 N–H and O–H groups in total. The summed E-state index contributed by atoms with van der Waals surface area (Å²) in [6, 6.07) is 4.41. The lowest BCUT2D eigenvalue weighted by molar-refractivity contribution is -0.118. The molecule has 0 aromatic heterocycles. The van der Waals surface area contributed by atoms with Crippen LogP contribution < -0.4 is 15.6 Å². The molecule has 0 radical (unpaired) electrons. The van der Waals surface area contributed by atoms with Crippen molar-refractivity contribution in [2.75, 3.05) is 43.1 Å². The fraction of sp³-hybridized carbons (Fsp3) is 0.375. The molecule has 1 fully saturated rings. The van der Waals surface area contributed by atoms with Gasteiger partial charge in [-0.3, -0.25) is 14.7 Å². The minimum absolute atomic E-state index is 0.0706. The summed E-state index contributed by atoms with van der Waals surface area (Å²) >= 11 is 4.91. The Balaban J connectivity index is 1.69. The van der Waals surface area contributed by atoms with Crippen molar-refractivity contribution in [3.63, 3.8) is 0 Å². The van der Waals surface area contributed by atoms with Gasteiger partial charge in [0.2, 0.25) is 6.41 Å². The number of methoxy groups -OCH3 is 1. The molecule has 3 rings (SSSR count). The van der Waals surface area contributed by atoms with Gasteiger partial charge in [0.1, 0.15) is 18.3 Å². The third kappa shape index (κ3) is 4.12. The maximum Gasteiger partial charge on any atom is 0.414 e. The first-order chi connectivity index (χ1) is 13.4. The Morgan fingerprint density at radius 3 is 2.93 bits per heavy atom. The van der Waals surface area contributed by atoms with E-state index < -0.39 is 18.0 Å². The average Bonchev–Trinajstić information content (AvgIpc) is 3.07. The van der Waals surface area contributed by atoms with Gasteiger partial charge in [-0.2, -0.15) is 5.10 Å². The van der Waals surface area contributed by atoms with Crippen molar-refractivity contribution in [1.29, 1.82) is 0 Å². The van der Waals surface area contributed by atoms with E-state index in [1.165, 1.54) is 34.4 Å². The molecule has 2 aliphatic heterocycles. The topological polar surface area (TPSA) is 104 Å². The van der Waals surface area contributed by atoms with Gasteiger partial charge in [-0.05, 0) is 30.4 Å². The van der Waals surface area contributed by atoms with Crippen LogP contribution in [0.2, 0.25) is 0 Å². The van der Waals surface area contributed by atoms with Crippen molar-refractivity contribution >= 4 is 47.6 Å². The molecule has 28 heavy (non-hydrogen) atoms. The van der Waals surface area contributed by atoms with Gasteiger partial charge in [0.15, 0.2) is 0 Å². The molecule has 0 spiro atoms. The van der Waals surface area contributed by atoms with Crippen LogP contribution in [0.1, 0.15) is 0 Å². The number of ether oxygens (including phenoxy) is 2. The molecule has 1 atom stereocenters. The molecule has 12 heteroatoms. The lowest BCUT2D eigenvalue weighted by Gasteiger charge is -2.27. The number of carbonyl (C=O) groups excluding carboxylic acids is 2. The molecule has 1 aromatic rings. The minimum Gasteiger partial charge on any atom is -0.473 e. The molecular formula is C16H19FN6O4S. The van der Waals surface area contributed by atoms with Crippen molar-refractivity contribution in [1.82, 2.24) is 10.0 Å². The van der Waals surface area contributed by atoms with Crippen LogP contribution in [0.4, 0.5) is 20.6 Å². The summed E-state index contributed by atoms with van der Waals surface area (Å²) < 4.78 is 24.7. The molecule has 150 valence electrons. The van der Waals surface area contributed by atoms with Crippen molar-refractivity contribution < 1.29 is 23.5 Å². The Morgan fingerprint density at radius 1 is 1.54 bits per heavy atom. The number of cyclic esters (lactones) is 1. The van der Waals surface area contributed by atoms with Crippen LogP contribution in [-0.2, 0) is 14.3 Å². The van der Waals surface area contributed by atoms with Crippen molar-refractivity contribution in [2.45, 2.75) is 6.10 Å². The Morgan fingerprint density at radius 2 is 2.32 bits per heavy atom. The quantitative estimate of drug-likeness (QED) is 0.324. The second-order valence-electron chi connectivity index (χ2n) is 6.07. The first-order valence-corrected chi connectivity index (χ1v) is 8.74. The zero-order valence-corrected chi connectivity index (χ0v) is 15.8. The maximum absolute atomic E-state index is 14.6. The monoisotopic (exact) mass is 410 g/mol. The van der Waals surface area contributed by atoms with Crippen LogP contribution in [0.5, 0.6) is 0 Å². The van der Waals surface area contributed by atoms with E-state index in [0.717, 1.165) is 0 Å². The Labute approximate surface area is 165 Å². The predicted molar refractivity (Wildman–Crippen MR) is 103 cm³/mol. The van der Waals surface area contributed by atoms with Crippen LogP contribution in [-0.4, -0.2) is 73.4 Å². The van der Waals surface area contributed by atoms with E-state index in [9.17, 15) is 14.0 Å². The van der Waals surface area contributed by atoms with E-state index in [0.29, 0.717) is 30.9 Å². The molecule has 2 amide bonds. The summed E-state index contributed by atoms with van der Waals surface area (Å²) in [6.07, 6.45) is 0.835. The number of carbonyl (C=O) groups is 2. The fourth-order valence-electron chi connectivity index (χ4n) is 2.85. The molecule has 10 nitrogen and oxygen atoms in total. The zero-order chi connectivity index (χ0) is 20.3. The zero-order valence-electron chi connectivity index (χ0n) is 15.0.